The van der Waals surface area contributed by atoms with E-state index in [4.69, 9.17) is 0 Å². The lowest BCUT2D eigenvalue weighted by Crippen LogP contribution is -2.17. The Balaban J connectivity index is 1.80. The molecule has 9 heteroatoms. The zero-order chi connectivity index (χ0) is 22.9. The number of nitrogens with zero attached hydrogens (tertiary/aromatic N) is 2. The number of aromatic nitrogens is 2. The zero-order valence-corrected chi connectivity index (χ0v) is 18.1. The highest BCUT2D eigenvalue weighted by Gasteiger charge is 2.21. The first-order valence-corrected chi connectivity index (χ1v) is 11.2. The summed E-state index contributed by atoms with van der Waals surface area (Å²) in [6, 6.07) is 18.4. The predicted octanol–water partition coefficient (Wildman–Crippen LogP) is 4.49. The molecule has 0 aliphatic carbocycles. The van der Waals surface area contributed by atoms with Crippen LogP contribution in [0.2, 0.25) is 0 Å². The minimum absolute atomic E-state index is 0.00494. The predicted molar refractivity (Wildman–Crippen MR) is 123 cm³/mol. The molecule has 0 fully saturated rings. The second-order valence-corrected chi connectivity index (χ2v) is 8.95. The lowest BCUT2D eigenvalue weighted by Gasteiger charge is -2.15. The van der Waals surface area contributed by atoms with Crippen molar-refractivity contribution in [3.63, 3.8) is 0 Å². The number of carboxylic acid groups (broad SMARTS) is 1. The molecule has 8 nitrogen and oxygen atoms in total. The van der Waals surface area contributed by atoms with E-state index in [1.807, 2.05) is 13.0 Å². The topological polar surface area (TPSA) is 121 Å². The van der Waals surface area contributed by atoms with E-state index in [1.54, 1.807) is 55.5 Å². The number of benzene rings is 3. The van der Waals surface area contributed by atoms with Gasteiger partial charge in [-0.3, -0.25) is 4.72 Å². The number of carboxylic acids is 1. The number of aromatic carboxylic acids is 1. The van der Waals surface area contributed by atoms with Crippen molar-refractivity contribution in [2.75, 3.05) is 10.0 Å². The number of hydrogen-bond donors (Lipinski definition) is 3. The van der Waals surface area contributed by atoms with Gasteiger partial charge in [-0.05, 0) is 61.4 Å². The summed E-state index contributed by atoms with van der Waals surface area (Å²) in [7, 11) is -3.96. The summed E-state index contributed by atoms with van der Waals surface area (Å²) in [5.74, 6) is -0.917. The van der Waals surface area contributed by atoms with Crippen LogP contribution in [0, 0.1) is 13.8 Å². The van der Waals surface area contributed by atoms with Crippen LogP contribution in [-0.2, 0) is 10.0 Å². The van der Waals surface area contributed by atoms with Crippen molar-refractivity contribution in [1.82, 2.24) is 9.97 Å². The lowest BCUT2D eigenvalue weighted by atomic mass is 10.2. The summed E-state index contributed by atoms with van der Waals surface area (Å²) < 4.78 is 28.9. The van der Waals surface area contributed by atoms with Crippen molar-refractivity contribution in [1.29, 1.82) is 0 Å². The average Bonchev–Trinajstić information content (AvgIpc) is 2.75. The van der Waals surface area contributed by atoms with Crippen LogP contribution < -0.4 is 10.0 Å². The van der Waals surface area contributed by atoms with E-state index in [0.29, 0.717) is 22.3 Å². The Morgan fingerprint density at radius 3 is 2.25 bits per heavy atom. The molecule has 0 aliphatic rings. The van der Waals surface area contributed by atoms with Gasteiger partial charge in [-0.25, -0.2) is 23.2 Å². The molecule has 4 rings (SSSR count). The highest BCUT2D eigenvalue weighted by Crippen LogP contribution is 2.28. The van der Waals surface area contributed by atoms with E-state index >= 15 is 0 Å². The number of fused-ring (bicyclic) bond motifs is 1. The second-order valence-electron chi connectivity index (χ2n) is 7.29. The summed E-state index contributed by atoms with van der Waals surface area (Å²) in [5.41, 5.74) is 2.99. The van der Waals surface area contributed by atoms with Crippen molar-refractivity contribution < 1.29 is 18.3 Å². The number of sulfonamides is 1. The Kier molecular flexibility index (Phi) is 5.50. The van der Waals surface area contributed by atoms with Gasteiger partial charge in [-0.15, -0.1) is 0 Å². The number of aryl methyl sites for hydroxylation is 2. The van der Waals surface area contributed by atoms with Crippen LogP contribution in [-0.4, -0.2) is 29.5 Å². The Morgan fingerprint density at radius 2 is 1.56 bits per heavy atom. The number of nitrogens with one attached hydrogen (secondary N) is 2. The minimum atomic E-state index is -3.96. The van der Waals surface area contributed by atoms with Crippen molar-refractivity contribution >= 4 is 44.3 Å². The number of hydrogen-bond acceptors (Lipinski definition) is 6. The van der Waals surface area contributed by atoms with Gasteiger partial charge in [0, 0.05) is 5.69 Å². The quantitative estimate of drug-likeness (QED) is 0.397. The molecule has 0 unspecified atom stereocenters. The molecule has 3 N–H and O–H groups in total. The van der Waals surface area contributed by atoms with Gasteiger partial charge in [0.1, 0.15) is 0 Å². The molecular weight excluding hydrogens is 428 g/mol. The highest BCUT2D eigenvalue weighted by molar-refractivity contribution is 7.92. The number of carbonyl (C=O) groups is 1. The fraction of sp³-hybridized carbons (Fsp3) is 0.0870. The molecule has 0 atom stereocenters. The minimum Gasteiger partial charge on any atom is -0.478 e. The van der Waals surface area contributed by atoms with E-state index in [9.17, 15) is 18.3 Å². The van der Waals surface area contributed by atoms with E-state index in [-0.39, 0.29) is 22.1 Å². The summed E-state index contributed by atoms with van der Waals surface area (Å²) in [4.78, 5) is 20.4. The van der Waals surface area contributed by atoms with Crippen LogP contribution in [0.15, 0.2) is 71.6 Å². The van der Waals surface area contributed by atoms with Crippen LogP contribution in [0.1, 0.15) is 21.5 Å². The molecule has 0 aliphatic heterocycles. The van der Waals surface area contributed by atoms with Gasteiger partial charge in [-0.2, -0.15) is 0 Å². The summed E-state index contributed by atoms with van der Waals surface area (Å²) >= 11 is 0. The van der Waals surface area contributed by atoms with Crippen molar-refractivity contribution in [3.8, 4) is 0 Å². The second kappa shape index (κ2) is 8.27. The molecule has 1 heterocycles. The largest absolute Gasteiger partial charge is 0.478 e. The Labute approximate surface area is 185 Å². The smallest absolute Gasteiger partial charge is 0.335 e. The zero-order valence-electron chi connectivity index (χ0n) is 17.3. The first kappa shape index (κ1) is 21.3. The van der Waals surface area contributed by atoms with E-state index < -0.39 is 16.0 Å². The van der Waals surface area contributed by atoms with Crippen LogP contribution >= 0.6 is 0 Å². The maximum Gasteiger partial charge on any atom is 0.335 e. The molecule has 0 radical (unpaired) electrons. The van der Waals surface area contributed by atoms with Crippen LogP contribution in [0.3, 0.4) is 0 Å². The number of anilines is 3. The first-order valence-electron chi connectivity index (χ1n) is 9.70. The first-order chi connectivity index (χ1) is 15.2. The molecule has 32 heavy (non-hydrogen) atoms. The summed E-state index contributed by atoms with van der Waals surface area (Å²) in [6.07, 6.45) is 0. The molecular formula is C23H20N4O4S. The molecule has 3 aromatic carbocycles. The third-order valence-electron chi connectivity index (χ3n) is 4.81. The standard InChI is InChI=1S/C23H20N4O4S/c1-14-10-11-15(2)20(12-14)32(30,31)27-22-21(25-18-8-3-4-9-19(18)26-22)24-17-7-5-6-16(13-17)23(28)29/h3-13H,1-2H3,(H,24,25)(H,26,27)(H,28,29). The van der Waals surface area contributed by atoms with Crippen LogP contribution in [0.5, 0.6) is 0 Å². The van der Waals surface area contributed by atoms with Gasteiger partial charge < -0.3 is 10.4 Å². The third kappa shape index (κ3) is 4.37. The molecule has 0 bridgehead atoms. The monoisotopic (exact) mass is 448 g/mol. The Hall–Kier alpha value is -3.98. The Morgan fingerprint density at radius 1 is 0.875 bits per heavy atom. The van der Waals surface area contributed by atoms with Gasteiger partial charge in [-0.1, -0.05) is 30.3 Å². The molecule has 0 amide bonds. The Bertz CT molecular complexity index is 1450. The van der Waals surface area contributed by atoms with Gasteiger partial charge in [0.25, 0.3) is 10.0 Å². The fourth-order valence-corrected chi connectivity index (χ4v) is 4.54. The summed E-state index contributed by atoms with van der Waals surface area (Å²) in [6.45, 7) is 3.54. The number of para-hydroxylation sites is 2. The van der Waals surface area contributed by atoms with Crippen LogP contribution in [0.25, 0.3) is 11.0 Å². The SMILES string of the molecule is Cc1ccc(C)c(S(=O)(=O)Nc2nc3ccccc3nc2Nc2cccc(C(=O)O)c2)c1. The van der Waals surface area contributed by atoms with Gasteiger partial charge in [0.05, 0.1) is 21.5 Å². The van der Waals surface area contributed by atoms with E-state index in [0.717, 1.165) is 5.56 Å². The maximum absolute atomic E-state index is 13.2. The van der Waals surface area contributed by atoms with E-state index in [1.165, 1.54) is 12.1 Å². The molecule has 0 saturated carbocycles. The van der Waals surface area contributed by atoms with Crippen molar-refractivity contribution in [2.24, 2.45) is 0 Å². The summed E-state index contributed by atoms with van der Waals surface area (Å²) in [5, 5.41) is 12.2. The highest BCUT2D eigenvalue weighted by atomic mass is 32.2. The van der Waals surface area contributed by atoms with E-state index in [2.05, 4.69) is 20.0 Å². The van der Waals surface area contributed by atoms with Crippen molar-refractivity contribution in [3.05, 3.63) is 83.4 Å². The van der Waals surface area contributed by atoms with Gasteiger partial charge in [0.15, 0.2) is 11.6 Å². The van der Waals surface area contributed by atoms with Crippen LogP contribution in [0.4, 0.5) is 17.3 Å². The third-order valence-corrected chi connectivity index (χ3v) is 6.29. The fourth-order valence-electron chi connectivity index (χ4n) is 3.20. The maximum atomic E-state index is 13.2. The molecule has 0 saturated heterocycles. The molecule has 1 aromatic heterocycles. The molecule has 4 aromatic rings. The molecule has 0 spiro atoms. The lowest BCUT2D eigenvalue weighted by molar-refractivity contribution is 0.0697. The average molecular weight is 449 g/mol. The van der Waals surface area contributed by atoms with Gasteiger partial charge in [0.2, 0.25) is 0 Å². The molecule has 162 valence electrons. The normalized spacial score (nSPS) is 11.3. The van der Waals surface area contributed by atoms with Gasteiger partial charge >= 0.3 is 5.97 Å². The van der Waals surface area contributed by atoms with Crippen molar-refractivity contribution in [2.45, 2.75) is 18.7 Å². The number of rotatable bonds is 6.